The van der Waals surface area contributed by atoms with Crippen LogP contribution in [-0.4, -0.2) is 28.8 Å². The van der Waals surface area contributed by atoms with Gasteiger partial charge in [-0.3, -0.25) is 14.6 Å². The zero-order valence-electron chi connectivity index (χ0n) is 15.3. The first-order valence-corrected chi connectivity index (χ1v) is 8.61. The van der Waals surface area contributed by atoms with Gasteiger partial charge in [-0.1, -0.05) is 30.3 Å². The first-order valence-electron chi connectivity index (χ1n) is 8.61. The van der Waals surface area contributed by atoms with Crippen molar-refractivity contribution in [3.8, 4) is 11.1 Å². The lowest BCUT2D eigenvalue weighted by molar-refractivity contribution is 0.0591. The van der Waals surface area contributed by atoms with Crippen LogP contribution in [0.4, 0.5) is 0 Å². The number of nitrogens with zero attached hydrogens (tertiary/aromatic N) is 1. The molecule has 0 aliphatic heterocycles. The van der Waals surface area contributed by atoms with E-state index in [9.17, 15) is 9.59 Å². The van der Waals surface area contributed by atoms with Crippen LogP contribution >= 0.6 is 0 Å². The van der Waals surface area contributed by atoms with Crippen LogP contribution in [0.3, 0.4) is 0 Å². The van der Waals surface area contributed by atoms with Gasteiger partial charge in [0.05, 0.1) is 17.8 Å². The van der Waals surface area contributed by atoms with E-state index in [1.54, 1.807) is 33.8 Å². The van der Waals surface area contributed by atoms with Gasteiger partial charge in [-0.25, -0.2) is 0 Å². The summed E-state index contributed by atoms with van der Waals surface area (Å²) in [6, 6.07) is 11.2. The molecular weight excluding hydrogens is 330 g/mol. The maximum absolute atomic E-state index is 13.2. The van der Waals surface area contributed by atoms with Gasteiger partial charge in [0.2, 0.25) is 17.3 Å². The van der Waals surface area contributed by atoms with Crippen molar-refractivity contribution in [2.24, 2.45) is 0 Å². The predicted molar refractivity (Wildman–Crippen MR) is 97.8 cm³/mol. The Morgan fingerprint density at radius 3 is 1.96 bits per heavy atom. The molecule has 26 heavy (non-hydrogen) atoms. The van der Waals surface area contributed by atoms with E-state index >= 15 is 0 Å². The van der Waals surface area contributed by atoms with E-state index < -0.39 is 5.78 Å². The van der Waals surface area contributed by atoms with Gasteiger partial charge in [-0.15, -0.1) is 0 Å². The second-order valence-electron chi connectivity index (χ2n) is 6.60. The summed E-state index contributed by atoms with van der Waals surface area (Å²) in [6.45, 7) is 7.19. The lowest BCUT2D eigenvalue weighted by Crippen LogP contribution is -2.29. The van der Waals surface area contributed by atoms with Crippen molar-refractivity contribution in [3.05, 3.63) is 65.4 Å². The molecule has 2 aromatic rings. The fourth-order valence-corrected chi connectivity index (χ4v) is 2.83. The van der Waals surface area contributed by atoms with Crippen molar-refractivity contribution in [3.63, 3.8) is 0 Å². The Morgan fingerprint density at radius 2 is 1.38 bits per heavy atom. The Kier molecular flexibility index (Phi) is 4.89. The van der Waals surface area contributed by atoms with Gasteiger partial charge in [-0.05, 0) is 44.9 Å². The van der Waals surface area contributed by atoms with Crippen LogP contribution in [0.25, 0.3) is 11.1 Å². The quantitative estimate of drug-likeness (QED) is 0.808. The molecule has 134 valence electrons. The SMILES string of the molecule is CC(C)OC1=C(OC(C)C)C(=O)c2c(-c3ccccc3)ccnc2C1=O. The van der Waals surface area contributed by atoms with Gasteiger partial charge < -0.3 is 9.47 Å². The molecule has 0 spiro atoms. The first-order chi connectivity index (χ1) is 12.4. The number of pyridine rings is 1. The molecule has 0 saturated heterocycles. The molecule has 0 radical (unpaired) electrons. The number of benzene rings is 1. The fraction of sp³-hybridized carbons (Fsp3) is 0.286. The highest BCUT2D eigenvalue weighted by molar-refractivity contribution is 6.26. The van der Waals surface area contributed by atoms with Gasteiger partial charge in [0, 0.05) is 6.20 Å². The van der Waals surface area contributed by atoms with Gasteiger partial charge in [0.25, 0.3) is 5.78 Å². The molecule has 1 aliphatic carbocycles. The summed E-state index contributed by atoms with van der Waals surface area (Å²) >= 11 is 0. The number of carbonyl (C=O) groups is 2. The third-order valence-electron chi connectivity index (χ3n) is 3.80. The van der Waals surface area contributed by atoms with Crippen molar-refractivity contribution in [2.75, 3.05) is 0 Å². The lowest BCUT2D eigenvalue weighted by atomic mass is 9.89. The molecule has 1 aromatic carbocycles. The largest absolute Gasteiger partial charge is 0.483 e. The fourth-order valence-electron chi connectivity index (χ4n) is 2.83. The molecule has 1 aliphatic rings. The smallest absolute Gasteiger partial charge is 0.250 e. The standard InChI is InChI=1S/C21H21NO4/c1-12(2)25-20-18(23)16-15(14-8-6-5-7-9-14)10-11-22-17(16)19(24)21(20)26-13(3)4/h5-13H,1-4H3. The molecule has 0 fully saturated rings. The summed E-state index contributed by atoms with van der Waals surface area (Å²) in [5.41, 5.74) is 1.85. The van der Waals surface area contributed by atoms with E-state index in [0.717, 1.165) is 5.56 Å². The van der Waals surface area contributed by atoms with Gasteiger partial charge >= 0.3 is 0 Å². The predicted octanol–water partition coefficient (Wildman–Crippen LogP) is 4.19. The molecule has 0 unspecified atom stereocenters. The molecule has 0 amide bonds. The zero-order valence-corrected chi connectivity index (χ0v) is 15.3. The van der Waals surface area contributed by atoms with Crippen molar-refractivity contribution >= 4 is 11.6 Å². The number of ketones is 2. The topological polar surface area (TPSA) is 65.5 Å². The van der Waals surface area contributed by atoms with Gasteiger partial charge in [0.15, 0.2) is 0 Å². The third kappa shape index (κ3) is 3.25. The molecule has 3 rings (SSSR count). The Hall–Kier alpha value is -2.95. The number of fused-ring (bicyclic) bond motifs is 1. The second kappa shape index (κ2) is 7.12. The van der Waals surface area contributed by atoms with Crippen LogP contribution in [-0.2, 0) is 9.47 Å². The molecule has 0 saturated carbocycles. The summed E-state index contributed by atoms with van der Waals surface area (Å²) in [5, 5.41) is 0. The minimum Gasteiger partial charge on any atom is -0.483 e. The highest BCUT2D eigenvalue weighted by Gasteiger charge is 2.39. The molecular formula is C21H21NO4. The number of hydrogen-bond acceptors (Lipinski definition) is 5. The van der Waals surface area contributed by atoms with E-state index in [1.807, 2.05) is 30.3 Å². The summed E-state index contributed by atoms with van der Waals surface area (Å²) in [6.07, 6.45) is 0.991. The van der Waals surface area contributed by atoms with E-state index in [1.165, 1.54) is 6.20 Å². The molecule has 1 heterocycles. The van der Waals surface area contributed by atoms with Gasteiger partial charge in [0.1, 0.15) is 5.69 Å². The highest BCUT2D eigenvalue weighted by atomic mass is 16.5. The van der Waals surface area contributed by atoms with E-state index in [0.29, 0.717) is 5.56 Å². The second-order valence-corrected chi connectivity index (χ2v) is 6.60. The number of ether oxygens (including phenoxy) is 2. The number of allylic oxidation sites excluding steroid dienone is 2. The minimum absolute atomic E-state index is 0.0450. The highest BCUT2D eigenvalue weighted by Crippen LogP contribution is 2.34. The van der Waals surface area contributed by atoms with Crippen LogP contribution in [0.2, 0.25) is 0 Å². The Morgan fingerprint density at radius 1 is 0.808 bits per heavy atom. The van der Waals surface area contributed by atoms with Crippen LogP contribution in [0, 0.1) is 0 Å². The average molecular weight is 351 g/mol. The Bertz CT molecular complexity index is 882. The number of carbonyl (C=O) groups excluding carboxylic acids is 2. The monoisotopic (exact) mass is 351 g/mol. The number of Topliss-reactive ketones (excluding diaryl/α,β-unsaturated/α-hetero) is 2. The van der Waals surface area contributed by atoms with Crippen molar-refractivity contribution in [2.45, 2.75) is 39.9 Å². The van der Waals surface area contributed by atoms with E-state index in [2.05, 4.69) is 4.98 Å². The maximum atomic E-state index is 13.2. The maximum Gasteiger partial charge on any atom is 0.250 e. The number of aromatic nitrogens is 1. The summed E-state index contributed by atoms with van der Waals surface area (Å²) in [4.78, 5) is 30.4. The van der Waals surface area contributed by atoms with Crippen LogP contribution in [0.15, 0.2) is 54.1 Å². The normalized spacial score (nSPS) is 14.1. The average Bonchev–Trinajstić information content (AvgIpc) is 2.62. The molecule has 1 aromatic heterocycles. The van der Waals surface area contributed by atoms with E-state index in [4.69, 9.17) is 9.47 Å². The van der Waals surface area contributed by atoms with E-state index in [-0.39, 0.29) is 40.8 Å². The lowest BCUT2D eigenvalue weighted by Gasteiger charge is -2.24. The summed E-state index contributed by atoms with van der Waals surface area (Å²) < 4.78 is 11.3. The minimum atomic E-state index is -0.429. The molecule has 0 bridgehead atoms. The molecule has 5 nitrogen and oxygen atoms in total. The summed E-state index contributed by atoms with van der Waals surface area (Å²) in [5.74, 6) is -0.919. The zero-order chi connectivity index (χ0) is 18.8. The Labute approximate surface area is 152 Å². The Balaban J connectivity index is 2.21. The summed E-state index contributed by atoms with van der Waals surface area (Å²) in [7, 11) is 0. The van der Waals surface area contributed by atoms with Gasteiger partial charge in [-0.2, -0.15) is 0 Å². The van der Waals surface area contributed by atoms with Crippen LogP contribution in [0.5, 0.6) is 0 Å². The molecule has 5 heteroatoms. The van der Waals surface area contributed by atoms with Crippen LogP contribution in [0.1, 0.15) is 48.5 Å². The number of hydrogen-bond donors (Lipinski definition) is 0. The first kappa shape index (κ1) is 17.9. The molecule has 0 N–H and O–H groups in total. The van der Waals surface area contributed by atoms with Crippen molar-refractivity contribution in [1.82, 2.24) is 4.98 Å². The van der Waals surface area contributed by atoms with Crippen molar-refractivity contribution < 1.29 is 19.1 Å². The van der Waals surface area contributed by atoms with Crippen LogP contribution < -0.4 is 0 Å². The van der Waals surface area contributed by atoms with Crippen molar-refractivity contribution in [1.29, 1.82) is 0 Å². The third-order valence-corrected chi connectivity index (χ3v) is 3.80. The number of rotatable bonds is 5. The molecule has 0 atom stereocenters.